The summed E-state index contributed by atoms with van der Waals surface area (Å²) < 4.78 is 13.0. The minimum absolute atomic E-state index is 0.244. The van der Waals surface area contributed by atoms with E-state index in [2.05, 4.69) is 51.7 Å². The first-order valence-corrected chi connectivity index (χ1v) is 14.3. The monoisotopic (exact) mass is 600 g/mol. The van der Waals surface area contributed by atoms with Crippen molar-refractivity contribution in [2.45, 2.75) is 26.2 Å². The Morgan fingerprint density at radius 2 is 1.60 bits per heavy atom. The summed E-state index contributed by atoms with van der Waals surface area (Å²) in [4.78, 5) is 26.5. The zero-order valence-corrected chi connectivity index (χ0v) is 25.3. The second-order valence-corrected chi connectivity index (χ2v) is 11.2. The summed E-state index contributed by atoms with van der Waals surface area (Å²) in [5, 5.41) is 15.5. The first-order valence-electron chi connectivity index (χ1n) is 14.3. The van der Waals surface area contributed by atoms with Gasteiger partial charge in [-0.3, -0.25) is 5.32 Å². The molecule has 6 aromatic rings. The quantitative estimate of drug-likeness (QED) is 0.162. The Morgan fingerprint density at radius 3 is 2.33 bits per heavy atom. The van der Waals surface area contributed by atoms with E-state index in [9.17, 15) is 4.79 Å². The highest BCUT2D eigenvalue weighted by Crippen LogP contribution is 2.34. The molecule has 226 valence electrons. The zero-order valence-electron chi connectivity index (χ0n) is 25.3. The highest BCUT2D eigenvalue weighted by molar-refractivity contribution is 6.07. The van der Waals surface area contributed by atoms with E-state index >= 15 is 0 Å². The molecule has 0 fully saturated rings. The number of amides is 2. The molecule has 11 heteroatoms. The number of benzene rings is 3. The number of rotatable bonds is 8. The van der Waals surface area contributed by atoms with Crippen molar-refractivity contribution in [3.63, 3.8) is 0 Å². The number of nitrogens with one attached hydrogen (secondary N) is 3. The van der Waals surface area contributed by atoms with E-state index in [1.54, 1.807) is 48.5 Å². The van der Waals surface area contributed by atoms with Gasteiger partial charge in [-0.25, -0.2) is 19.4 Å². The third-order valence-electron chi connectivity index (χ3n) is 6.90. The van der Waals surface area contributed by atoms with Crippen LogP contribution in [0.15, 0.2) is 103 Å². The van der Waals surface area contributed by atoms with Gasteiger partial charge >= 0.3 is 6.03 Å². The smallest absolute Gasteiger partial charge is 0.324 e. The molecule has 0 saturated carbocycles. The highest BCUT2D eigenvalue weighted by Gasteiger charge is 2.22. The molecular weight excluding hydrogens is 568 g/mol. The SMILES string of the molecule is COc1ccc(-n2nc(C(C)(C)C)cc2NC(=O)Nc2ccc(Oc3ccnc(Nc4ccccc4)n3)c3ccccc23)cn1. The van der Waals surface area contributed by atoms with E-state index in [1.165, 1.54) is 0 Å². The summed E-state index contributed by atoms with van der Waals surface area (Å²) in [5.41, 5.74) is 2.73. The van der Waals surface area contributed by atoms with Gasteiger partial charge < -0.3 is 20.1 Å². The van der Waals surface area contributed by atoms with E-state index in [-0.39, 0.29) is 5.41 Å². The summed E-state index contributed by atoms with van der Waals surface area (Å²) in [7, 11) is 1.56. The van der Waals surface area contributed by atoms with Crippen LogP contribution >= 0.6 is 0 Å². The maximum absolute atomic E-state index is 13.4. The lowest BCUT2D eigenvalue weighted by Crippen LogP contribution is -2.21. The van der Waals surface area contributed by atoms with Gasteiger partial charge in [0.1, 0.15) is 11.6 Å². The highest BCUT2D eigenvalue weighted by atomic mass is 16.5. The van der Waals surface area contributed by atoms with Gasteiger partial charge in [-0.2, -0.15) is 10.1 Å². The molecule has 0 spiro atoms. The second-order valence-electron chi connectivity index (χ2n) is 11.2. The predicted octanol–water partition coefficient (Wildman–Crippen LogP) is 7.70. The fourth-order valence-electron chi connectivity index (χ4n) is 4.61. The van der Waals surface area contributed by atoms with Crippen molar-refractivity contribution in [1.29, 1.82) is 0 Å². The van der Waals surface area contributed by atoms with Crippen LogP contribution in [0.2, 0.25) is 0 Å². The molecule has 11 nitrogen and oxygen atoms in total. The molecule has 0 radical (unpaired) electrons. The summed E-state index contributed by atoms with van der Waals surface area (Å²) >= 11 is 0. The van der Waals surface area contributed by atoms with Gasteiger partial charge in [0, 0.05) is 46.3 Å². The molecule has 0 aliphatic heterocycles. The van der Waals surface area contributed by atoms with E-state index in [4.69, 9.17) is 14.6 Å². The van der Waals surface area contributed by atoms with Crippen molar-refractivity contribution >= 4 is 39.9 Å². The standard InChI is InChI=1S/C34H32N8O3/c1-34(2,3)28-20-29(42(41-28)23-14-17-30(44-4)36-21-23)39-33(43)38-26-15-16-27(25-13-9-8-12-24(25)26)45-31-18-19-35-32(40-31)37-22-10-6-5-7-11-22/h5-21H,1-4H3,(H,35,37,40)(H2,38,39,43). The number of nitrogens with zero attached hydrogens (tertiary/aromatic N) is 5. The molecule has 0 aliphatic rings. The lowest BCUT2D eigenvalue weighted by atomic mass is 9.92. The normalized spacial score (nSPS) is 11.2. The molecular formula is C34H32N8O3. The lowest BCUT2D eigenvalue weighted by Gasteiger charge is -2.14. The molecule has 0 unspecified atom stereocenters. The number of anilines is 4. The Balaban J connectivity index is 1.23. The van der Waals surface area contributed by atoms with Crippen LogP contribution in [0.3, 0.4) is 0 Å². The van der Waals surface area contributed by atoms with Gasteiger partial charge in [-0.05, 0) is 30.3 Å². The van der Waals surface area contributed by atoms with Crippen LogP contribution in [0.1, 0.15) is 26.5 Å². The Labute approximate surface area is 260 Å². The van der Waals surface area contributed by atoms with Crippen molar-refractivity contribution < 1.29 is 14.3 Å². The number of pyridine rings is 1. The van der Waals surface area contributed by atoms with Gasteiger partial charge in [-0.1, -0.05) is 63.2 Å². The lowest BCUT2D eigenvalue weighted by molar-refractivity contribution is 0.262. The van der Waals surface area contributed by atoms with Crippen molar-refractivity contribution in [3.05, 3.63) is 109 Å². The molecule has 3 heterocycles. The zero-order chi connectivity index (χ0) is 31.4. The Bertz CT molecular complexity index is 1950. The fourth-order valence-corrected chi connectivity index (χ4v) is 4.61. The van der Waals surface area contributed by atoms with Crippen molar-refractivity contribution in [2.75, 3.05) is 23.1 Å². The molecule has 45 heavy (non-hydrogen) atoms. The number of para-hydroxylation sites is 1. The van der Waals surface area contributed by atoms with Gasteiger partial charge in [0.15, 0.2) is 0 Å². The summed E-state index contributed by atoms with van der Waals surface area (Å²) in [6.07, 6.45) is 3.28. The number of carbonyl (C=O) groups excluding carboxylic acids is 1. The number of aromatic nitrogens is 5. The topological polar surface area (TPSA) is 128 Å². The molecule has 0 aliphatic carbocycles. The van der Waals surface area contributed by atoms with Gasteiger partial charge in [-0.15, -0.1) is 0 Å². The van der Waals surface area contributed by atoms with Crippen LogP contribution in [-0.4, -0.2) is 37.9 Å². The minimum Gasteiger partial charge on any atom is -0.481 e. The van der Waals surface area contributed by atoms with Gasteiger partial charge in [0.2, 0.25) is 17.7 Å². The van der Waals surface area contributed by atoms with E-state index < -0.39 is 6.03 Å². The molecule has 0 bridgehead atoms. The van der Waals surface area contributed by atoms with Crippen LogP contribution in [0, 0.1) is 0 Å². The van der Waals surface area contributed by atoms with E-state index in [0.717, 1.165) is 22.2 Å². The third-order valence-corrected chi connectivity index (χ3v) is 6.90. The predicted molar refractivity (Wildman–Crippen MR) is 175 cm³/mol. The molecule has 2 amide bonds. The number of ether oxygens (including phenoxy) is 2. The van der Waals surface area contributed by atoms with Gasteiger partial charge in [0.05, 0.1) is 30.4 Å². The van der Waals surface area contributed by atoms with Crippen molar-refractivity contribution in [2.24, 2.45) is 0 Å². The van der Waals surface area contributed by atoms with E-state index in [1.807, 2.05) is 66.7 Å². The molecule has 3 aromatic carbocycles. The number of carbonyl (C=O) groups is 1. The average molecular weight is 601 g/mol. The Kier molecular flexibility index (Phi) is 7.98. The largest absolute Gasteiger partial charge is 0.481 e. The molecule has 3 aromatic heterocycles. The number of fused-ring (bicyclic) bond motifs is 1. The summed E-state index contributed by atoms with van der Waals surface area (Å²) in [6, 6.07) is 27.6. The van der Waals surface area contributed by atoms with Crippen molar-refractivity contribution in [1.82, 2.24) is 24.7 Å². The van der Waals surface area contributed by atoms with Crippen LogP contribution < -0.4 is 25.4 Å². The summed E-state index contributed by atoms with van der Waals surface area (Å²) in [6.45, 7) is 6.19. The number of methoxy groups -OCH3 is 1. The van der Waals surface area contributed by atoms with Crippen LogP contribution in [0.4, 0.5) is 27.9 Å². The summed E-state index contributed by atoms with van der Waals surface area (Å²) in [5.74, 6) is 2.36. The minimum atomic E-state index is -0.427. The first-order chi connectivity index (χ1) is 21.8. The Morgan fingerprint density at radius 1 is 0.822 bits per heavy atom. The van der Waals surface area contributed by atoms with Crippen LogP contribution in [-0.2, 0) is 5.41 Å². The third kappa shape index (κ3) is 6.67. The van der Waals surface area contributed by atoms with Crippen LogP contribution in [0.5, 0.6) is 17.5 Å². The van der Waals surface area contributed by atoms with Gasteiger partial charge in [0.25, 0.3) is 0 Å². The molecule has 6 rings (SSSR count). The Hall–Kier alpha value is -5.97. The number of hydrogen-bond donors (Lipinski definition) is 3. The number of hydrogen-bond acceptors (Lipinski definition) is 8. The molecule has 0 atom stereocenters. The van der Waals surface area contributed by atoms with E-state index in [0.29, 0.717) is 40.7 Å². The average Bonchev–Trinajstić information content (AvgIpc) is 3.47. The number of urea groups is 1. The maximum atomic E-state index is 13.4. The van der Waals surface area contributed by atoms with Crippen LogP contribution in [0.25, 0.3) is 16.5 Å². The maximum Gasteiger partial charge on any atom is 0.324 e. The second kappa shape index (κ2) is 12.3. The first kappa shape index (κ1) is 29.1. The molecule has 3 N–H and O–H groups in total. The fraction of sp³-hybridized carbons (Fsp3) is 0.147. The van der Waals surface area contributed by atoms with Crippen molar-refractivity contribution in [3.8, 4) is 23.2 Å². The molecule has 0 saturated heterocycles.